The second-order valence-corrected chi connectivity index (χ2v) is 5.25. The van der Waals surface area contributed by atoms with E-state index in [1.807, 2.05) is 6.07 Å². The summed E-state index contributed by atoms with van der Waals surface area (Å²) < 4.78 is 4.71. The lowest BCUT2D eigenvalue weighted by atomic mass is 9.99. The Hall–Kier alpha value is -2.23. The molecule has 7 heteroatoms. The molecule has 1 aliphatic heterocycles. The quantitative estimate of drug-likeness (QED) is 0.433. The normalized spacial score (nSPS) is 15.9. The Bertz CT molecular complexity index is 448. The summed E-state index contributed by atoms with van der Waals surface area (Å²) >= 11 is 0. The first-order valence-corrected chi connectivity index (χ1v) is 7.62. The van der Waals surface area contributed by atoms with E-state index in [0.29, 0.717) is 38.7 Å². The van der Waals surface area contributed by atoms with Crippen LogP contribution in [0.25, 0.3) is 0 Å². The Morgan fingerprint density at radius 2 is 2.05 bits per heavy atom. The molecule has 0 saturated carbocycles. The summed E-state index contributed by atoms with van der Waals surface area (Å²) in [6.45, 7) is 6.37. The first kappa shape index (κ1) is 17.8. The number of piperidine rings is 1. The van der Waals surface area contributed by atoms with Gasteiger partial charge in [-0.3, -0.25) is 4.79 Å². The van der Waals surface area contributed by atoms with Crippen molar-refractivity contribution in [2.75, 3.05) is 32.8 Å². The summed E-state index contributed by atoms with van der Waals surface area (Å²) in [5.74, 6) is 0.394. The fourth-order valence-electron chi connectivity index (χ4n) is 2.12. The number of likely N-dealkylation sites (tertiary alicyclic amines) is 1. The van der Waals surface area contributed by atoms with Crippen LogP contribution in [0.3, 0.4) is 0 Å². The van der Waals surface area contributed by atoms with E-state index in [0.717, 1.165) is 12.8 Å². The van der Waals surface area contributed by atoms with Gasteiger partial charge in [0.1, 0.15) is 11.6 Å². The third-order valence-corrected chi connectivity index (χ3v) is 3.48. The zero-order chi connectivity index (χ0) is 16.4. The minimum absolute atomic E-state index is 0.0886. The predicted molar refractivity (Wildman–Crippen MR) is 81.7 cm³/mol. The number of nitriles is 1. The predicted octanol–water partition coefficient (Wildman–Crippen LogP) is 0.988. The van der Waals surface area contributed by atoms with Gasteiger partial charge in [-0.2, -0.15) is 5.26 Å². The van der Waals surface area contributed by atoms with E-state index < -0.39 is 6.09 Å². The lowest BCUT2D eigenvalue weighted by molar-refractivity contribution is -0.128. The van der Waals surface area contributed by atoms with E-state index in [2.05, 4.69) is 17.6 Å². The van der Waals surface area contributed by atoms with Crippen molar-refractivity contribution in [1.82, 2.24) is 15.5 Å². The van der Waals surface area contributed by atoms with E-state index in [4.69, 9.17) is 10.00 Å². The molecule has 0 radical (unpaired) electrons. The Balaban J connectivity index is 2.35. The number of amides is 2. The molecule has 22 heavy (non-hydrogen) atoms. The molecule has 7 nitrogen and oxygen atoms in total. The van der Waals surface area contributed by atoms with Gasteiger partial charge >= 0.3 is 6.09 Å². The molecular formula is C15H24N4O3. The number of nitrogens with zero attached hydrogens (tertiary/aromatic N) is 2. The summed E-state index contributed by atoms with van der Waals surface area (Å²) in [7, 11) is 0. The molecule has 1 fully saturated rings. The minimum atomic E-state index is -0.479. The van der Waals surface area contributed by atoms with E-state index in [1.54, 1.807) is 11.8 Å². The largest absolute Gasteiger partial charge is 0.450 e. The van der Waals surface area contributed by atoms with E-state index in [1.165, 1.54) is 6.20 Å². The highest BCUT2D eigenvalue weighted by atomic mass is 16.5. The van der Waals surface area contributed by atoms with E-state index in [9.17, 15) is 9.59 Å². The average molecular weight is 308 g/mol. The molecule has 2 N–H and O–H groups in total. The maximum Gasteiger partial charge on any atom is 0.407 e. The molecule has 1 rings (SSSR count). The molecule has 2 amide bonds. The fraction of sp³-hybridized carbons (Fsp3) is 0.667. The SMILES string of the molecule is CCOC(=O)NCCN/C=C(/C#N)C(=O)N1CCC(C)CC1. The second kappa shape index (κ2) is 9.66. The average Bonchev–Trinajstić information content (AvgIpc) is 2.51. The Morgan fingerprint density at radius 3 is 2.64 bits per heavy atom. The summed E-state index contributed by atoms with van der Waals surface area (Å²) in [5, 5.41) is 14.5. The van der Waals surface area contributed by atoms with Crippen LogP contribution in [0.15, 0.2) is 11.8 Å². The molecule has 0 aromatic carbocycles. The molecular weight excluding hydrogens is 284 g/mol. The van der Waals surface area contributed by atoms with Gasteiger partial charge in [-0.05, 0) is 25.7 Å². The third-order valence-electron chi connectivity index (χ3n) is 3.48. The second-order valence-electron chi connectivity index (χ2n) is 5.25. The van der Waals surface area contributed by atoms with Crippen molar-refractivity contribution in [3.05, 3.63) is 11.8 Å². The summed E-state index contributed by atoms with van der Waals surface area (Å²) in [5.41, 5.74) is 0.0886. The number of alkyl carbamates (subject to hydrolysis) is 1. The number of ether oxygens (including phenoxy) is 1. The highest BCUT2D eigenvalue weighted by Gasteiger charge is 2.22. The third kappa shape index (κ3) is 6.04. The number of nitrogens with one attached hydrogen (secondary N) is 2. The summed E-state index contributed by atoms with van der Waals surface area (Å²) in [4.78, 5) is 25.0. The van der Waals surface area contributed by atoms with Crippen LogP contribution < -0.4 is 10.6 Å². The maximum atomic E-state index is 12.2. The molecule has 0 bridgehead atoms. The van der Waals surface area contributed by atoms with Crippen molar-refractivity contribution in [3.8, 4) is 6.07 Å². The van der Waals surface area contributed by atoms with Crippen molar-refractivity contribution in [1.29, 1.82) is 5.26 Å². The van der Waals surface area contributed by atoms with Crippen LogP contribution in [0.5, 0.6) is 0 Å². The summed E-state index contributed by atoms with van der Waals surface area (Å²) in [6.07, 6.45) is 2.88. The highest BCUT2D eigenvalue weighted by molar-refractivity contribution is 5.97. The lowest BCUT2D eigenvalue weighted by Crippen LogP contribution is -2.39. The monoisotopic (exact) mass is 308 g/mol. The maximum absolute atomic E-state index is 12.2. The smallest absolute Gasteiger partial charge is 0.407 e. The van der Waals surface area contributed by atoms with Gasteiger partial charge in [-0.15, -0.1) is 0 Å². The lowest BCUT2D eigenvalue weighted by Gasteiger charge is -2.30. The molecule has 0 spiro atoms. The van der Waals surface area contributed by atoms with Crippen LogP contribution in [-0.2, 0) is 9.53 Å². The molecule has 0 unspecified atom stereocenters. The Labute approximate surface area is 131 Å². The van der Waals surface area contributed by atoms with Crippen LogP contribution in [0.4, 0.5) is 4.79 Å². The highest BCUT2D eigenvalue weighted by Crippen LogP contribution is 2.17. The zero-order valence-corrected chi connectivity index (χ0v) is 13.2. The van der Waals surface area contributed by atoms with Crippen molar-refractivity contribution in [2.45, 2.75) is 26.7 Å². The molecule has 1 aliphatic rings. The first-order valence-electron chi connectivity index (χ1n) is 7.62. The van der Waals surface area contributed by atoms with Crippen LogP contribution in [0.2, 0.25) is 0 Å². The van der Waals surface area contributed by atoms with Crippen molar-refractivity contribution in [3.63, 3.8) is 0 Å². The number of hydrogen-bond donors (Lipinski definition) is 2. The van der Waals surface area contributed by atoms with Crippen molar-refractivity contribution < 1.29 is 14.3 Å². The van der Waals surface area contributed by atoms with Crippen molar-refractivity contribution >= 4 is 12.0 Å². The van der Waals surface area contributed by atoms with E-state index >= 15 is 0 Å². The van der Waals surface area contributed by atoms with Crippen molar-refractivity contribution in [2.24, 2.45) is 5.92 Å². The molecule has 1 heterocycles. The first-order chi connectivity index (χ1) is 10.6. The fourth-order valence-corrected chi connectivity index (χ4v) is 2.12. The number of hydrogen-bond acceptors (Lipinski definition) is 5. The van der Waals surface area contributed by atoms with Gasteiger partial charge in [0.05, 0.1) is 6.61 Å². The number of carbonyl (C=O) groups is 2. The summed E-state index contributed by atoms with van der Waals surface area (Å²) in [6, 6.07) is 1.93. The number of rotatable bonds is 6. The van der Waals surface area contributed by atoms with Crippen LogP contribution in [0.1, 0.15) is 26.7 Å². The van der Waals surface area contributed by atoms with Gasteiger partial charge in [-0.25, -0.2) is 4.79 Å². The van der Waals surface area contributed by atoms with E-state index in [-0.39, 0.29) is 11.5 Å². The molecule has 1 saturated heterocycles. The van der Waals surface area contributed by atoms with Gasteiger partial charge in [0, 0.05) is 32.4 Å². The standard InChI is InChI=1S/C15H24N4O3/c1-3-22-15(21)18-7-6-17-11-13(10-16)14(20)19-8-4-12(2)5-9-19/h11-12,17H,3-9H2,1-2H3,(H,18,21)/b13-11-. The molecule has 0 atom stereocenters. The number of carbonyl (C=O) groups excluding carboxylic acids is 2. The van der Waals surface area contributed by atoms with Gasteiger partial charge < -0.3 is 20.3 Å². The van der Waals surface area contributed by atoms with Gasteiger partial charge in [0.25, 0.3) is 5.91 Å². The Kier molecular flexibility index (Phi) is 7.83. The van der Waals surface area contributed by atoms with Crippen LogP contribution >= 0.6 is 0 Å². The molecule has 0 aliphatic carbocycles. The zero-order valence-electron chi connectivity index (χ0n) is 13.2. The van der Waals surface area contributed by atoms with Crippen LogP contribution in [-0.4, -0.2) is 49.7 Å². The minimum Gasteiger partial charge on any atom is -0.450 e. The van der Waals surface area contributed by atoms with Crippen LogP contribution in [0, 0.1) is 17.2 Å². The van der Waals surface area contributed by atoms with Gasteiger partial charge in [0.15, 0.2) is 0 Å². The topological polar surface area (TPSA) is 94.5 Å². The molecule has 0 aromatic rings. The van der Waals surface area contributed by atoms with Gasteiger partial charge in [0.2, 0.25) is 0 Å². The Morgan fingerprint density at radius 1 is 1.36 bits per heavy atom. The molecule has 122 valence electrons. The van der Waals surface area contributed by atoms with Gasteiger partial charge in [-0.1, -0.05) is 6.92 Å². The molecule has 0 aromatic heterocycles.